The van der Waals surface area contributed by atoms with E-state index in [0.717, 1.165) is 50.4 Å². The number of pyridine rings is 1. The molecule has 0 aliphatic carbocycles. The molecule has 0 spiro atoms. The molecule has 0 atom stereocenters. The van der Waals surface area contributed by atoms with Gasteiger partial charge in [0.1, 0.15) is 17.3 Å². The van der Waals surface area contributed by atoms with Crippen molar-refractivity contribution < 1.29 is 7.48 Å². The van der Waals surface area contributed by atoms with Crippen LogP contribution in [0.15, 0.2) is 121 Å². The monoisotopic (exact) mass is 754 g/mol. The average Bonchev–Trinajstić information content (AvgIpc) is 3.73. The number of fused-ring (bicyclic) bond motifs is 4. The number of benzene rings is 5. The number of ether oxygens (including phenoxy) is 1. The van der Waals surface area contributed by atoms with Crippen LogP contribution < -0.4 is 13.9 Å². The van der Waals surface area contributed by atoms with Gasteiger partial charge in [-0.15, -0.1) is 0 Å². The van der Waals surface area contributed by atoms with E-state index in [0.29, 0.717) is 17.1 Å². The van der Waals surface area contributed by atoms with E-state index in [1.165, 1.54) is 16.7 Å². The molecule has 57 heavy (non-hydrogen) atoms. The van der Waals surface area contributed by atoms with Crippen LogP contribution in [0.2, 0.25) is 0 Å². The molecular formula is C52H56N4O+2. The largest absolute Gasteiger partial charge is 0.503 e. The van der Waals surface area contributed by atoms with Crippen molar-refractivity contribution in [3.05, 3.63) is 144 Å². The van der Waals surface area contributed by atoms with E-state index < -0.39 is 6.37 Å². The highest BCUT2D eigenvalue weighted by molar-refractivity contribution is 6.09. The Hall–Kier alpha value is -5.77. The lowest BCUT2D eigenvalue weighted by atomic mass is 9.80. The summed E-state index contributed by atoms with van der Waals surface area (Å²) >= 11 is 0. The van der Waals surface area contributed by atoms with Gasteiger partial charge in [-0.05, 0) is 90.8 Å². The molecule has 1 aliphatic rings. The Labute approximate surface area is 341 Å². The summed E-state index contributed by atoms with van der Waals surface area (Å²) in [6.07, 6.45) is 0.310. The smallest absolute Gasteiger partial charge is 0.457 e. The Morgan fingerprint density at radius 3 is 2.00 bits per heavy atom. The molecular weight excluding hydrogens is 697 g/mol. The summed E-state index contributed by atoms with van der Waals surface area (Å²) in [6, 6.07) is 43.5. The van der Waals surface area contributed by atoms with Crippen LogP contribution in [-0.2, 0) is 22.6 Å². The van der Waals surface area contributed by atoms with Gasteiger partial charge in [0, 0.05) is 55.6 Å². The van der Waals surface area contributed by atoms with Crippen LogP contribution in [0.4, 0.5) is 22.7 Å². The Balaban J connectivity index is 1.27. The van der Waals surface area contributed by atoms with Gasteiger partial charge in [-0.3, -0.25) is 4.57 Å². The Bertz CT molecular complexity index is 2820. The quantitative estimate of drug-likeness (QED) is 0.152. The van der Waals surface area contributed by atoms with Crippen LogP contribution in [0.1, 0.15) is 101 Å². The molecule has 0 N–H and O–H groups in total. The fraction of sp³-hybridized carbons (Fsp3) is 0.308. The minimum Gasteiger partial charge on any atom is -0.457 e. The standard InChI is InChI=1S/C52H56N4O/c1-34(2)26-35-16-14-21-46-49(35)55(40-28-37(51(6,7)8)27-38(29-40)52(9,10)11)33-54(46)39-17-15-18-41(31-39)57-42-22-23-44-43-19-12-13-20-45(43)56(47(44)32-42)48-30-36(24-25-53-48)50(3,4)5/h12-25,27-32,34H,26H2,1-11H3/q+2/i26D2. The van der Waals surface area contributed by atoms with Gasteiger partial charge < -0.3 is 4.74 Å². The molecule has 0 saturated carbocycles. The van der Waals surface area contributed by atoms with Gasteiger partial charge in [-0.25, -0.2) is 4.98 Å². The van der Waals surface area contributed by atoms with E-state index in [2.05, 4.69) is 156 Å². The molecule has 1 aliphatic heterocycles. The van der Waals surface area contributed by atoms with E-state index in [1.807, 2.05) is 61.0 Å². The van der Waals surface area contributed by atoms with Gasteiger partial charge in [0.15, 0.2) is 0 Å². The second-order valence-corrected chi connectivity index (χ2v) is 18.8. The lowest BCUT2D eigenvalue weighted by molar-refractivity contribution is 0.483. The third-order valence-electron chi connectivity index (χ3n) is 10.8. The maximum absolute atomic E-state index is 9.32. The molecule has 2 aromatic heterocycles. The molecule has 5 heteroatoms. The van der Waals surface area contributed by atoms with Crippen molar-refractivity contribution in [2.24, 2.45) is 5.92 Å². The zero-order chi connectivity index (χ0) is 42.2. The molecule has 0 radical (unpaired) electrons. The molecule has 5 aromatic carbocycles. The van der Waals surface area contributed by atoms with Crippen LogP contribution in [0.5, 0.6) is 11.5 Å². The van der Waals surface area contributed by atoms with E-state index in [9.17, 15) is 2.74 Å². The lowest BCUT2D eigenvalue weighted by Crippen LogP contribution is -2.17. The number of para-hydroxylation sites is 2. The van der Waals surface area contributed by atoms with E-state index in [1.54, 1.807) is 0 Å². The summed E-state index contributed by atoms with van der Waals surface area (Å²) in [7, 11) is 0. The fourth-order valence-electron chi connectivity index (χ4n) is 7.66. The van der Waals surface area contributed by atoms with Crippen molar-refractivity contribution in [1.82, 2.24) is 18.7 Å². The van der Waals surface area contributed by atoms with Gasteiger partial charge in [0.2, 0.25) is 11.4 Å². The summed E-state index contributed by atoms with van der Waals surface area (Å²) in [6.45, 7) is 24.0. The van der Waals surface area contributed by atoms with Gasteiger partial charge in [-0.1, -0.05) is 119 Å². The second-order valence-electron chi connectivity index (χ2n) is 18.8. The first-order valence-corrected chi connectivity index (χ1v) is 20.2. The minimum absolute atomic E-state index is 0.0230. The Morgan fingerprint density at radius 1 is 0.632 bits per heavy atom. The molecule has 0 amide bonds. The minimum atomic E-state index is -1.59. The molecule has 0 saturated heterocycles. The van der Waals surface area contributed by atoms with Crippen LogP contribution in [0.25, 0.3) is 27.6 Å². The highest BCUT2D eigenvalue weighted by atomic mass is 16.5. The first-order chi connectivity index (χ1) is 27.7. The molecule has 3 heterocycles. The van der Waals surface area contributed by atoms with Crippen molar-refractivity contribution in [2.45, 2.75) is 98.8 Å². The zero-order valence-corrected chi connectivity index (χ0v) is 35.3. The van der Waals surface area contributed by atoms with E-state index in [-0.39, 0.29) is 22.2 Å². The molecule has 0 unspecified atom stereocenters. The second kappa shape index (κ2) is 14.0. The van der Waals surface area contributed by atoms with E-state index >= 15 is 0 Å². The van der Waals surface area contributed by atoms with Crippen molar-refractivity contribution in [3.8, 4) is 17.3 Å². The highest BCUT2D eigenvalue weighted by Gasteiger charge is 2.40. The van der Waals surface area contributed by atoms with Gasteiger partial charge in [0.25, 0.3) is 5.69 Å². The summed E-state index contributed by atoms with van der Waals surface area (Å²) in [5.41, 5.74) is 9.65. The summed E-state index contributed by atoms with van der Waals surface area (Å²) < 4.78 is 31.7. The molecule has 288 valence electrons. The molecule has 7 aromatic rings. The predicted octanol–water partition coefficient (Wildman–Crippen LogP) is 13.9. The Kier molecular flexibility index (Phi) is 8.76. The molecule has 0 bridgehead atoms. The van der Waals surface area contributed by atoms with Crippen molar-refractivity contribution in [1.29, 1.82) is 0 Å². The number of hydrogen-bond acceptors (Lipinski definition) is 2. The van der Waals surface area contributed by atoms with Crippen LogP contribution in [-0.4, -0.2) is 15.6 Å². The van der Waals surface area contributed by atoms with Gasteiger partial charge in [-0.2, -0.15) is 0 Å². The number of hydrogen-bond donors (Lipinski definition) is 0. The lowest BCUT2D eigenvalue weighted by Gasteiger charge is -2.24. The number of rotatable bonds is 7. The van der Waals surface area contributed by atoms with Crippen LogP contribution in [0, 0.1) is 5.92 Å². The maximum Gasteiger partial charge on any atom is 0.503 e. The number of nitrogens with zero attached hydrogens (tertiary/aromatic N) is 4. The van der Waals surface area contributed by atoms with Gasteiger partial charge in [0.05, 0.1) is 17.1 Å². The highest BCUT2D eigenvalue weighted by Crippen LogP contribution is 2.43. The predicted molar refractivity (Wildman–Crippen MR) is 241 cm³/mol. The normalized spacial score (nSPS) is 14.1. The van der Waals surface area contributed by atoms with Crippen molar-refractivity contribution in [3.63, 3.8) is 0 Å². The SMILES string of the molecule is [2H]C([2H])(c1cccc2c1[N+](c1cc(C(C)(C)C)cc(C(C)(C)C)c1)=C=[N+]2c1cccc(Oc2ccc3c4ccccc4n(-c4cc(C(C)(C)C)ccn4)c3c2)c1)C(C)C. The number of aromatic nitrogens is 2. The average molecular weight is 755 g/mol. The summed E-state index contributed by atoms with van der Waals surface area (Å²) in [5.74, 6) is 2.01. The molecule has 5 nitrogen and oxygen atoms in total. The third kappa shape index (κ3) is 7.33. The fourth-order valence-corrected chi connectivity index (χ4v) is 7.66. The van der Waals surface area contributed by atoms with Crippen LogP contribution in [0.3, 0.4) is 0 Å². The Morgan fingerprint density at radius 2 is 1.30 bits per heavy atom. The van der Waals surface area contributed by atoms with Crippen LogP contribution >= 0.6 is 0 Å². The van der Waals surface area contributed by atoms with Crippen molar-refractivity contribution >= 4 is 50.6 Å². The summed E-state index contributed by atoms with van der Waals surface area (Å²) in [4.78, 5) is 4.86. The molecule has 8 rings (SSSR count). The molecule has 0 fully saturated rings. The van der Waals surface area contributed by atoms with Gasteiger partial charge >= 0.3 is 11.7 Å². The third-order valence-corrected chi connectivity index (χ3v) is 10.8. The van der Waals surface area contributed by atoms with Crippen molar-refractivity contribution in [2.75, 3.05) is 0 Å². The topological polar surface area (TPSA) is 33.1 Å². The zero-order valence-electron chi connectivity index (χ0n) is 37.3. The first kappa shape index (κ1) is 35.6. The summed E-state index contributed by atoms with van der Waals surface area (Å²) in [5, 5.41) is 2.29. The first-order valence-electron chi connectivity index (χ1n) is 21.2. The maximum atomic E-state index is 9.32. The van der Waals surface area contributed by atoms with E-state index in [4.69, 9.17) is 9.72 Å².